The van der Waals surface area contributed by atoms with E-state index < -0.39 is 59.2 Å². The Morgan fingerprint density at radius 1 is 1.16 bits per heavy atom. The molecule has 4 amide bonds. The zero-order chi connectivity index (χ0) is 26.4. The van der Waals surface area contributed by atoms with Gasteiger partial charge in [0, 0.05) is 19.2 Å². The molecule has 6 rings (SSSR count). The third kappa shape index (κ3) is 3.19. The van der Waals surface area contributed by atoms with Crippen LogP contribution in [-0.4, -0.2) is 57.6 Å². The van der Waals surface area contributed by atoms with Crippen molar-refractivity contribution in [3.8, 4) is 5.82 Å². The molecule has 3 aliphatic rings. The molecule has 0 bridgehead atoms. The first-order chi connectivity index (χ1) is 17.4. The number of nitrogens with zero attached hydrogens (tertiary/aromatic N) is 4. The van der Waals surface area contributed by atoms with E-state index in [0.717, 1.165) is 16.9 Å². The number of barbiturate groups is 1. The van der Waals surface area contributed by atoms with Crippen molar-refractivity contribution in [3.63, 3.8) is 0 Å². The monoisotopic (exact) mass is 522 g/mol. The Bertz CT molecular complexity index is 1480. The third-order valence-electron chi connectivity index (χ3n) is 7.04. The highest BCUT2D eigenvalue weighted by atomic mass is 19.4. The summed E-state index contributed by atoms with van der Waals surface area (Å²) in [4.78, 5) is 39.9. The standard InChI is InChI=1S/C22H18F4N6O5/c1-8-7-31-14-10(6-21(16(31)9(2)36-8)18(33)27-20(35)28-19(21)34)5-11-15(13(14)23)37-30-17(11)32-4-3-12(29-32)22(24,25)26/h3-5,8-9,16H,6-7H2,1-2H3,(H2,27,28,33,34,35)/t8-,9+,16-/m1/s1. The first kappa shape index (κ1) is 23.4. The van der Waals surface area contributed by atoms with Gasteiger partial charge in [-0.05, 0) is 31.5 Å². The van der Waals surface area contributed by atoms with Gasteiger partial charge in [0.15, 0.2) is 16.9 Å². The van der Waals surface area contributed by atoms with Gasteiger partial charge in [0.05, 0.1) is 29.3 Å². The fraction of sp³-hybridized carbons (Fsp3) is 0.409. The fourth-order valence-electron chi connectivity index (χ4n) is 5.69. The van der Waals surface area contributed by atoms with E-state index in [0.29, 0.717) is 0 Å². The number of urea groups is 1. The number of amides is 4. The Morgan fingerprint density at radius 2 is 1.86 bits per heavy atom. The van der Waals surface area contributed by atoms with E-state index in [4.69, 9.17) is 9.26 Å². The molecule has 15 heteroatoms. The van der Waals surface area contributed by atoms with Crippen LogP contribution in [0.1, 0.15) is 25.1 Å². The summed E-state index contributed by atoms with van der Waals surface area (Å²) in [5, 5.41) is 11.5. The van der Waals surface area contributed by atoms with Crippen molar-refractivity contribution in [3.05, 3.63) is 35.4 Å². The number of morpholine rings is 1. The van der Waals surface area contributed by atoms with Crippen LogP contribution in [-0.2, 0) is 26.9 Å². The second-order valence-electron chi connectivity index (χ2n) is 9.36. The van der Waals surface area contributed by atoms with Crippen molar-refractivity contribution in [2.24, 2.45) is 5.41 Å². The van der Waals surface area contributed by atoms with E-state index in [9.17, 15) is 27.6 Å². The molecule has 3 atom stereocenters. The maximum Gasteiger partial charge on any atom is 0.435 e. The van der Waals surface area contributed by atoms with Gasteiger partial charge in [-0.15, -0.1) is 0 Å². The normalized spacial score (nSPS) is 25.2. The van der Waals surface area contributed by atoms with E-state index >= 15 is 4.39 Å². The van der Waals surface area contributed by atoms with Crippen molar-refractivity contribution >= 4 is 34.5 Å². The molecule has 11 nitrogen and oxygen atoms in total. The van der Waals surface area contributed by atoms with Crippen LogP contribution in [0, 0.1) is 11.2 Å². The zero-order valence-electron chi connectivity index (χ0n) is 19.2. The average molecular weight is 522 g/mol. The van der Waals surface area contributed by atoms with Gasteiger partial charge >= 0.3 is 12.2 Å². The minimum Gasteiger partial charge on any atom is -0.372 e. The van der Waals surface area contributed by atoms with E-state index in [1.807, 2.05) is 0 Å². The lowest BCUT2D eigenvalue weighted by Gasteiger charge is -2.55. The Hall–Kier alpha value is -4.01. The van der Waals surface area contributed by atoms with Crippen molar-refractivity contribution in [1.82, 2.24) is 25.6 Å². The van der Waals surface area contributed by atoms with Gasteiger partial charge in [-0.25, -0.2) is 13.9 Å². The second kappa shape index (κ2) is 7.50. The minimum atomic E-state index is -4.71. The molecule has 2 saturated heterocycles. The highest BCUT2D eigenvalue weighted by molar-refractivity contribution is 6.20. The molecule has 1 aromatic carbocycles. The molecule has 1 spiro atoms. The highest BCUT2D eigenvalue weighted by Crippen LogP contribution is 2.49. The lowest BCUT2D eigenvalue weighted by molar-refractivity contribution is -0.153. The van der Waals surface area contributed by atoms with Gasteiger partial charge in [0.2, 0.25) is 23.2 Å². The van der Waals surface area contributed by atoms with Crippen LogP contribution < -0.4 is 15.5 Å². The molecular formula is C22H18F4N6O5. The summed E-state index contributed by atoms with van der Waals surface area (Å²) in [6.45, 7) is 3.50. The van der Waals surface area contributed by atoms with Crippen LogP contribution in [0.3, 0.4) is 0 Å². The number of fused-ring (bicyclic) bond motifs is 5. The molecule has 0 aliphatic carbocycles. The molecule has 2 fully saturated rings. The number of nitrogens with one attached hydrogen (secondary N) is 2. The molecule has 2 aromatic heterocycles. The van der Waals surface area contributed by atoms with Crippen LogP contribution in [0.5, 0.6) is 0 Å². The Balaban J connectivity index is 1.56. The molecule has 5 heterocycles. The second-order valence-corrected chi connectivity index (χ2v) is 9.36. The van der Waals surface area contributed by atoms with Gasteiger partial charge in [0.1, 0.15) is 0 Å². The van der Waals surface area contributed by atoms with Crippen molar-refractivity contribution in [2.75, 3.05) is 11.4 Å². The fourth-order valence-corrected chi connectivity index (χ4v) is 5.69. The SMILES string of the molecule is C[C@@H]1CN2c3c(cc4c(-n5ccc(C(F)(F)F)n5)noc4c3F)CC3(C(=O)NC(=O)NC3=O)[C@H]2[C@H](C)O1. The number of hydrogen-bond acceptors (Lipinski definition) is 8. The summed E-state index contributed by atoms with van der Waals surface area (Å²) < 4.78 is 67.1. The van der Waals surface area contributed by atoms with Gasteiger partial charge in [-0.3, -0.25) is 20.2 Å². The summed E-state index contributed by atoms with van der Waals surface area (Å²) in [6.07, 6.45) is -5.14. The molecule has 0 saturated carbocycles. The number of halogens is 4. The number of anilines is 1. The molecule has 3 aromatic rings. The summed E-state index contributed by atoms with van der Waals surface area (Å²) >= 11 is 0. The summed E-state index contributed by atoms with van der Waals surface area (Å²) in [5.41, 5.74) is -3.10. The lowest BCUT2D eigenvalue weighted by Crippen LogP contribution is -2.75. The number of benzene rings is 1. The quantitative estimate of drug-likeness (QED) is 0.367. The van der Waals surface area contributed by atoms with E-state index in [2.05, 4.69) is 20.9 Å². The number of imide groups is 2. The molecule has 194 valence electrons. The predicted octanol–water partition coefficient (Wildman–Crippen LogP) is 2.06. The highest BCUT2D eigenvalue weighted by Gasteiger charge is 2.63. The van der Waals surface area contributed by atoms with Crippen LogP contribution in [0.15, 0.2) is 22.9 Å². The van der Waals surface area contributed by atoms with Crippen molar-refractivity contribution in [1.29, 1.82) is 0 Å². The Labute approximate surface area is 204 Å². The number of hydrogen-bond donors (Lipinski definition) is 2. The number of aromatic nitrogens is 3. The third-order valence-corrected chi connectivity index (χ3v) is 7.04. The summed E-state index contributed by atoms with van der Waals surface area (Å²) in [6, 6.07) is 0.199. The maximum atomic E-state index is 16.0. The number of ether oxygens (including phenoxy) is 1. The average Bonchev–Trinajstić information content (AvgIpc) is 3.44. The number of carbonyl (C=O) groups excluding carboxylic acids is 3. The Kier molecular flexibility index (Phi) is 4.74. The number of carbonyl (C=O) groups is 3. The maximum absolute atomic E-state index is 16.0. The zero-order valence-corrected chi connectivity index (χ0v) is 19.2. The van der Waals surface area contributed by atoms with Gasteiger partial charge < -0.3 is 14.2 Å². The minimum absolute atomic E-state index is 0.0104. The van der Waals surface area contributed by atoms with E-state index in [1.54, 1.807) is 18.7 Å². The molecule has 0 unspecified atom stereocenters. The van der Waals surface area contributed by atoms with Crippen LogP contribution in [0.4, 0.5) is 28.0 Å². The first-order valence-corrected chi connectivity index (χ1v) is 11.2. The molecule has 3 aliphatic heterocycles. The van der Waals surface area contributed by atoms with Gasteiger partial charge in [-0.1, -0.05) is 5.16 Å². The summed E-state index contributed by atoms with van der Waals surface area (Å²) in [5.74, 6) is -2.79. The molecule has 37 heavy (non-hydrogen) atoms. The topological polar surface area (TPSA) is 132 Å². The van der Waals surface area contributed by atoms with Crippen LogP contribution in [0.25, 0.3) is 16.8 Å². The van der Waals surface area contributed by atoms with Gasteiger partial charge in [0.25, 0.3) is 0 Å². The smallest absolute Gasteiger partial charge is 0.372 e. The molecule has 0 radical (unpaired) electrons. The van der Waals surface area contributed by atoms with Crippen molar-refractivity contribution in [2.45, 2.75) is 44.7 Å². The van der Waals surface area contributed by atoms with Crippen LogP contribution in [0.2, 0.25) is 0 Å². The molecule has 2 N–H and O–H groups in total. The van der Waals surface area contributed by atoms with Crippen molar-refractivity contribution < 1.29 is 41.2 Å². The predicted molar refractivity (Wildman–Crippen MR) is 115 cm³/mol. The van der Waals surface area contributed by atoms with E-state index in [1.165, 1.54) is 6.07 Å². The number of alkyl halides is 3. The number of rotatable bonds is 1. The first-order valence-electron chi connectivity index (χ1n) is 11.2. The van der Waals surface area contributed by atoms with E-state index in [-0.39, 0.29) is 41.0 Å². The Morgan fingerprint density at radius 3 is 2.51 bits per heavy atom. The lowest BCUT2D eigenvalue weighted by atomic mass is 9.66. The van der Waals surface area contributed by atoms with Crippen LogP contribution >= 0.6 is 0 Å². The summed E-state index contributed by atoms with van der Waals surface area (Å²) in [7, 11) is 0. The molecular weight excluding hydrogens is 504 g/mol. The largest absolute Gasteiger partial charge is 0.435 e. The van der Waals surface area contributed by atoms with Gasteiger partial charge in [-0.2, -0.15) is 18.3 Å².